The lowest BCUT2D eigenvalue weighted by molar-refractivity contribution is 0.624. The molecule has 0 N–H and O–H groups in total. The number of hydrogen-bond donors (Lipinski definition) is 0. The van der Waals surface area contributed by atoms with E-state index >= 15 is 0 Å². The highest BCUT2D eigenvalue weighted by atomic mass is 35.6. The lowest BCUT2D eigenvalue weighted by Gasteiger charge is -2.13. The van der Waals surface area contributed by atoms with Gasteiger partial charge in [0.2, 0.25) is 3.79 Å². The highest BCUT2D eigenvalue weighted by molar-refractivity contribution is 6.66. The molecule has 0 fully saturated rings. The van der Waals surface area contributed by atoms with Crippen LogP contribution in [0.15, 0.2) is 24.3 Å². The van der Waals surface area contributed by atoms with Crippen LogP contribution in [0.1, 0.15) is 11.4 Å². The van der Waals surface area contributed by atoms with Gasteiger partial charge in [-0.25, -0.2) is 9.07 Å². The number of benzene rings is 1. The molecule has 0 atom stereocenters. The van der Waals surface area contributed by atoms with Crippen LogP contribution in [0.25, 0.3) is 5.69 Å². The van der Waals surface area contributed by atoms with Crippen LogP contribution in [0.2, 0.25) is 0 Å². The molecule has 0 aliphatic heterocycles. The summed E-state index contributed by atoms with van der Waals surface area (Å²) in [6, 6.07) is 7.25. The van der Waals surface area contributed by atoms with Crippen molar-refractivity contribution in [2.75, 3.05) is 0 Å². The minimum absolute atomic E-state index is 0.0272. The molecule has 1 aromatic heterocycles. The van der Waals surface area contributed by atoms with Crippen molar-refractivity contribution in [1.29, 1.82) is 5.26 Å². The maximum Gasteiger partial charge on any atom is 0.235 e. The molecule has 0 aliphatic carbocycles. The Labute approximate surface area is 116 Å². The Hall–Kier alpha value is -1.35. The van der Waals surface area contributed by atoms with Gasteiger partial charge in [-0.15, -0.1) is 5.10 Å². The third-order valence-corrected chi connectivity index (χ3v) is 2.63. The molecule has 0 amide bonds. The smallest absolute Gasteiger partial charge is 0.212 e. The average molecular weight is 306 g/mol. The molecule has 0 saturated carbocycles. The standard InChI is InChI=1S/C10H4Cl3FN4/c11-10(12,13)9-8(5-15)16-17-18(9)7-3-1-2-6(14)4-7/h1-4H. The Balaban J connectivity index is 2.67. The van der Waals surface area contributed by atoms with Gasteiger partial charge in [-0.1, -0.05) is 46.1 Å². The molecular formula is C10H4Cl3FN4. The fourth-order valence-corrected chi connectivity index (χ4v) is 1.91. The lowest BCUT2D eigenvalue weighted by Crippen LogP contribution is -2.12. The number of alkyl halides is 3. The number of halogens is 4. The minimum Gasteiger partial charge on any atom is -0.212 e. The van der Waals surface area contributed by atoms with Crippen LogP contribution in [0, 0.1) is 17.1 Å². The van der Waals surface area contributed by atoms with Crippen LogP contribution in [-0.4, -0.2) is 15.0 Å². The van der Waals surface area contributed by atoms with Crippen molar-refractivity contribution in [2.45, 2.75) is 3.79 Å². The summed E-state index contributed by atoms with van der Waals surface area (Å²) < 4.78 is 12.4. The van der Waals surface area contributed by atoms with Crippen LogP contribution in [0.3, 0.4) is 0 Å². The van der Waals surface area contributed by atoms with Crippen molar-refractivity contribution >= 4 is 34.8 Å². The summed E-state index contributed by atoms with van der Waals surface area (Å²) in [5.41, 5.74) is 0.158. The van der Waals surface area contributed by atoms with Gasteiger partial charge in [-0.05, 0) is 18.2 Å². The molecule has 4 nitrogen and oxygen atoms in total. The third-order valence-electron chi connectivity index (χ3n) is 2.10. The molecule has 0 saturated heterocycles. The van der Waals surface area contributed by atoms with Gasteiger partial charge in [0, 0.05) is 0 Å². The highest BCUT2D eigenvalue weighted by Gasteiger charge is 2.33. The molecule has 2 rings (SSSR count). The highest BCUT2D eigenvalue weighted by Crippen LogP contribution is 2.40. The first-order valence-corrected chi connectivity index (χ1v) is 5.76. The fraction of sp³-hybridized carbons (Fsp3) is 0.100. The van der Waals surface area contributed by atoms with Gasteiger partial charge in [0.15, 0.2) is 5.69 Å². The van der Waals surface area contributed by atoms with Gasteiger partial charge in [0.1, 0.15) is 17.6 Å². The van der Waals surface area contributed by atoms with Gasteiger partial charge < -0.3 is 0 Å². The zero-order chi connectivity index (χ0) is 13.3. The Morgan fingerprint density at radius 3 is 2.61 bits per heavy atom. The van der Waals surface area contributed by atoms with Crippen molar-refractivity contribution in [2.24, 2.45) is 0 Å². The molecule has 1 aromatic carbocycles. The molecular weight excluding hydrogens is 301 g/mol. The van der Waals surface area contributed by atoms with E-state index in [4.69, 9.17) is 40.1 Å². The molecule has 18 heavy (non-hydrogen) atoms. The van der Waals surface area contributed by atoms with Gasteiger partial charge >= 0.3 is 0 Å². The van der Waals surface area contributed by atoms with Crippen molar-refractivity contribution in [3.63, 3.8) is 0 Å². The molecule has 8 heteroatoms. The van der Waals surface area contributed by atoms with E-state index < -0.39 is 9.61 Å². The van der Waals surface area contributed by atoms with E-state index in [-0.39, 0.29) is 11.4 Å². The maximum absolute atomic E-state index is 13.1. The van der Waals surface area contributed by atoms with Crippen LogP contribution in [-0.2, 0) is 3.79 Å². The van der Waals surface area contributed by atoms with E-state index in [1.54, 1.807) is 12.1 Å². The minimum atomic E-state index is -1.89. The molecule has 0 bridgehead atoms. The second kappa shape index (κ2) is 4.73. The van der Waals surface area contributed by atoms with Crippen LogP contribution < -0.4 is 0 Å². The summed E-state index contributed by atoms with van der Waals surface area (Å²) in [6.45, 7) is 0. The predicted octanol–water partition coefficient (Wildman–Crippen LogP) is 3.10. The topological polar surface area (TPSA) is 54.5 Å². The monoisotopic (exact) mass is 304 g/mol. The quantitative estimate of drug-likeness (QED) is 0.761. The zero-order valence-corrected chi connectivity index (χ0v) is 10.9. The van der Waals surface area contributed by atoms with Crippen molar-refractivity contribution in [3.8, 4) is 11.8 Å². The number of nitrogens with zero attached hydrogens (tertiary/aromatic N) is 4. The van der Waals surface area contributed by atoms with Crippen molar-refractivity contribution in [1.82, 2.24) is 15.0 Å². The lowest BCUT2D eigenvalue weighted by atomic mass is 10.3. The summed E-state index contributed by atoms with van der Waals surface area (Å²) >= 11 is 17.3. The molecule has 0 unspecified atom stereocenters. The van der Waals surface area contributed by atoms with Crippen LogP contribution >= 0.6 is 34.8 Å². The molecule has 0 spiro atoms. The first kappa shape index (κ1) is 13.1. The summed E-state index contributed by atoms with van der Waals surface area (Å²) in [4.78, 5) is 0. The second-order valence-corrected chi connectivity index (χ2v) is 5.57. The predicted molar refractivity (Wildman–Crippen MR) is 65.3 cm³/mol. The van der Waals surface area contributed by atoms with E-state index in [1.807, 2.05) is 0 Å². The fourth-order valence-electron chi connectivity index (χ4n) is 1.40. The number of nitriles is 1. The largest absolute Gasteiger partial charge is 0.235 e. The average Bonchev–Trinajstić information content (AvgIpc) is 2.72. The second-order valence-electron chi connectivity index (χ2n) is 3.29. The Morgan fingerprint density at radius 1 is 1.33 bits per heavy atom. The van der Waals surface area contributed by atoms with E-state index in [0.29, 0.717) is 5.69 Å². The Kier molecular flexibility index (Phi) is 3.44. The summed E-state index contributed by atoms with van der Waals surface area (Å²) in [6.07, 6.45) is 0. The summed E-state index contributed by atoms with van der Waals surface area (Å²) in [5, 5.41) is 16.2. The Bertz CT molecular complexity index is 627. The van der Waals surface area contributed by atoms with Gasteiger partial charge in [-0.3, -0.25) is 0 Å². The van der Waals surface area contributed by atoms with Crippen molar-refractivity contribution in [3.05, 3.63) is 41.5 Å². The Morgan fingerprint density at radius 2 is 2.06 bits per heavy atom. The van der Waals surface area contributed by atoms with Crippen molar-refractivity contribution < 1.29 is 4.39 Å². The van der Waals surface area contributed by atoms with Gasteiger partial charge in [0.25, 0.3) is 0 Å². The number of rotatable bonds is 1. The van der Waals surface area contributed by atoms with E-state index in [9.17, 15) is 4.39 Å². The van der Waals surface area contributed by atoms with Gasteiger partial charge in [-0.2, -0.15) is 5.26 Å². The van der Waals surface area contributed by atoms with E-state index in [0.717, 1.165) is 4.68 Å². The molecule has 0 aliphatic rings. The first-order chi connectivity index (χ1) is 8.43. The zero-order valence-electron chi connectivity index (χ0n) is 8.61. The molecule has 1 heterocycles. The SMILES string of the molecule is N#Cc1nnn(-c2cccc(F)c2)c1C(Cl)(Cl)Cl. The first-order valence-electron chi connectivity index (χ1n) is 4.62. The normalized spacial score (nSPS) is 11.3. The number of hydrogen-bond acceptors (Lipinski definition) is 3. The maximum atomic E-state index is 13.1. The number of aromatic nitrogens is 3. The van der Waals surface area contributed by atoms with E-state index in [2.05, 4.69) is 10.3 Å². The van der Waals surface area contributed by atoms with Crippen LogP contribution in [0.5, 0.6) is 0 Å². The molecule has 2 aromatic rings. The third kappa shape index (κ3) is 2.41. The summed E-state index contributed by atoms with van der Waals surface area (Å²) in [7, 11) is 0. The molecule has 0 radical (unpaired) electrons. The van der Waals surface area contributed by atoms with Crippen LogP contribution in [0.4, 0.5) is 4.39 Å². The van der Waals surface area contributed by atoms with E-state index in [1.165, 1.54) is 18.2 Å². The molecule has 92 valence electrons. The van der Waals surface area contributed by atoms with Gasteiger partial charge in [0.05, 0.1) is 5.69 Å². The summed E-state index contributed by atoms with van der Waals surface area (Å²) in [5.74, 6) is -0.475.